The molecule has 0 saturated carbocycles. The summed E-state index contributed by atoms with van der Waals surface area (Å²) in [6, 6.07) is 4.03. The summed E-state index contributed by atoms with van der Waals surface area (Å²) < 4.78 is 10.5. The van der Waals surface area contributed by atoms with Crippen LogP contribution in [0.4, 0.5) is 4.79 Å². The van der Waals surface area contributed by atoms with Crippen molar-refractivity contribution >= 4 is 11.9 Å². The van der Waals surface area contributed by atoms with Gasteiger partial charge in [0.25, 0.3) is 0 Å². The van der Waals surface area contributed by atoms with Crippen molar-refractivity contribution in [1.82, 2.24) is 10.6 Å². The zero-order valence-electron chi connectivity index (χ0n) is 12.0. The van der Waals surface area contributed by atoms with Crippen molar-refractivity contribution in [3.63, 3.8) is 0 Å². The lowest BCUT2D eigenvalue weighted by molar-refractivity contribution is -0.115. The number of allylic oxidation sites excluding steroid dienone is 1. The molecule has 3 amide bonds. The summed E-state index contributed by atoms with van der Waals surface area (Å²) >= 11 is 0. The van der Waals surface area contributed by atoms with E-state index >= 15 is 0 Å². The monoisotopic (exact) mass is 291 g/mol. The van der Waals surface area contributed by atoms with Crippen LogP contribution in [-0.2, 0) is 4.79 Å². The number of carbonyl (C=O) groups excluding carboxylic acids is 2. The van der Waals surface area contributed by atoms with E-state index in [1.165, 1.54) is 14.2 Å². The van der Waals surface area contributed by atoms with Gasteiger partial charge < -0.3 is 25.8 Å². The summed E-state index contributed by atoms with van der Waals surface area (Å²) in [4.78, 5) is 23.4. The van der Waals surface area contributed by atoms with Gasteiger partial charge in [0.15, 0.2) is 0 Å². The fourth-order valence-corrected chi connectivity index (χ4v) is 2.32. The van der Waals surface area contributed by atoms with Crippen LogP contribution in [0.15, 0.2) is 29.5 Å². The van der Waals surface area contributed by atoms with Crippen LogP contribution < -0.4 is 25.8 Å². The minimum atomic E-state index is -0.693. The molecule has 0 saturated heterocycles. The average Bonchev–Trinajstić information content (AvgIpc) is 2.45. The van der Waals surface area contributed by atoms with Crippen molar-refractivity contribution in [3.8, 4) is 11.5 Å². The molecule has 0 unspecified atom stereocenters. The molecule has 1 aliphatic rings. The van der Waals surface area contributed by atoms with Crippen molar-refractivity contribution in [2.24, 2.45) is 5.73 Å². The largest absolute Gasteiger partial charge is 0.497 e. The van der Waals surface area contributed by atoms with Crippen LogP contribution >= 0.6 is 0 Å². The summed E-state index contributed by atoms with van der Waals surface area (Å²) in [6.45, 7) is 1.62. The number of methoxy groups -OCH3 is 2. The van der Waals surface area contributed by atoms with E-state index in [4.69, 9.17) is 15.2 Å². The molecule has 0 spiro atoms. The van der Waals surface area contributed by atoms with Gasteiger partial charge in [-0.1, -0.05) is 0 Å². The highest BCUT2D eigenvalue weighted by molar-refractivity contribution is 5.97. The molecule has 1 atom stereocenters. The predicted molar refractivity (Wildman–Crippen MR) is 75.8 cm³/mol. The van der Waals surface area contributed by atoms with Gasteiger partial charge in [0.05, 0.1) is 25.8 Å². The second kappa shape index (κ2) is 5.74. The van der Waals surface area contributed by atoms with Crippen LogP contribution in [0.1, 0.15) is 18.5 Å². The van der Waals surface area contributed by atoms with Gasteiger partial charge in [-0.3, -0.25) is 4.79 Å². The second-order valence-corrected chi connectivity index (χ2v) is 4.54. The van der Waals surface area contributed by atoms with Gasteiger partial charge in [-0.25, -0.2) is 4.79 Å². The Bertz CT molecular complexity index is 625. The van der Waals surface area contributed by atoms with Crippen molar-refractivity contribution < 1.29 is 19.1 Å². The fourth-order valence-electron chi connectivity index (χ4n) is 2.32. The van der Waals surface area contributed by atoms with Crippen molar-refractivity contribution in [1.29, 1.82) is 0 Å². The Balaban J connectivity index is 2.59. The Hall–Kier alpha value is -2.70. The van der Waals surface area contributed by atoms with E-state index in [9.17, 15) is 9.59 Å². The van der Waals surface area contributed by atoms with Crippen LogP contribution in [0.25, 0.3) is 0 Å². The van der Waals surface area contributed by atoms with Gasteiger partial charge in [0, 0.05) is 11.3 Å². The molecule has 4 N–H and O–H groups in total. The molecule has 0 aromatic heterocycles. The average molecular weight is 291 g/mol. The first-order valence-corrected chi connectivity index (χ1v) is 6.28. The Kier molecular flexibility index (Phi) is 4.02. The summed E-state index contributed by atoms with van der Waals surface area (Å²) in [5.74, 6) is 0.490. The maximum atomic E-state index is 11.7. The molecular formula is C14H17N3O4. The number of urea groups is 1. The first-order chi connectivity index (χ1) is 9.97. The minimum Gasteiger partial charge on any atom is -0.497 e. The molecule has 7 nitrogen and oxygen atoms in total. The summed E-state index contributed by atoms with van der Waals surface area (Å²) in [5.41, 5.74) is 6.73. The third kappa shape index (κ3) is 2.76. The topological polar surface area (TPSA) is 103 Å². The van der Waals surface area contributed by atoms with Crippen LogP contribution in [0.2, 0.25) is 0 Å². The fraction of sp³-hybridized carbons (Fsp3) is 0.286. The van der Waals surface area contributed by atoms with Crippen molar-refractivity contribution in [3.05, 3.63) is 35.0 Å². The van der Waals surface area contributed by atoms with Gasteiger partial charge in [0.2, 0.25) is 5.91 Å². The quantitative estimate of drug-likeness (QED) is 0.764. The van der Waals surface area contributed by atoms with Gasteiger partial charge in [0.1, 0.15) is 11.5 Å². The molecule has 21 heavy (non-hydrogen) atoms. The Morgan fingerprint density at radius 1 is 1.29 bits per heavy atom. The maximum Gasteiger partial charge on any atom is 0.319 e. The molecule has 1 aromatic rings. The van der Waals surface area contributed by atoms with Gasteiger partial charge in [-0.05, 0) is 25.1 Å². The van der Waals surface area contributed by atoms with Crippen LogP contribution in [0.3, 0.4) is 0 Å². The Morgan fingerprint density at radius 3 is 2.57 bits per heavy atom. The molecule has 0 radical (unpaired) electrons. The maximum absolute atomic E-state index is 11.7. The zero-order valence-corrected chi connectivity index (χ0v) is 12.0. The normalized spacial score (nSPS) is 17.9. The number of nitrogens with one attached hydrogen (secondary N) is 2. The lowest BCUT2D eigenvalue weighted by Crippen LogP contribution is -2.46. The first-order valence-electron chi connectivity index (χ1n) is 6.28. The highest BCUT2D eigenvalue weighted by Gasteiger charge is 2.32. The van der Waals surface area contributed by atoms with E-state index in [2.05, 4.69) is 10.6 Å². The zero-order chi connectivity index (χ0) is 15.6. The highest BCUT2D eigenvalue weighted by Crippen LogP contribution is 2.35. The molecule has 1 heterocycles. The van der Waals surface area contributed by atoms with E-state index in [1.54, 1.807) is 25.1 Å². The van der Waals surface area contributed by atoms with Gasteiger partial charge >= 0.3 is 6.03 Å². The molecule has 7 heteroatoms. The number of carbonyl (C=O) groups is 2. The van der Waals surface area contributed by atoms with E-state index in [0.29, 0.717) is 22.8 Å². The molecule has 0 aliphatic carbocycles. The number of rotatable bonds is 4. The molecule has 1 aromatic carbocycles. The summed E-state index contributed by atoms with van der Waals surface area (Å²) in [5, 5.41) is 5.21. The van der Waals surface area contributed by atoms with Crippen molar-refractivity contribution in [2.45, 2.75) is 13.0 Å². The van der Waals surface area contributed by atoms with Crippen LogP contribution in [0, 0.1) is 0 Å². The number of ether oxygens (including phenoxy) is 2. The molecular weight excluding hydrogens is 274 g/mol. The number of hydrogen-bond acceptors (Lipinski definition) is 4. The second-order valence-electron chi connectivity index (χ2n) is 4.54. The van der Waals surface area contributed by atoms with Crippen LogP contribution in [0.5, 0.6) is 11.5 Å². The molecule has 112 valence electrons. The summed E-state index contributed by atoms with van der Waals surface area (Å²) in [6.07, 6.45) is 0. The number of amides is 3. The SMILES string of the molecule is COc1ccc(OC)c([C@@H]2NC(=O)NC(C)=C2C(N)=O)c1. The third-order valence-corrected chi connectivity index (χ3v) is 3.28. The number of nitrogens with two attached hydrogens (primary N) is 1. The van der Waals surface area contributed by atoms with E-state index in [-0.39, 0.29) is 5.57 Å². The Labute approximate surface area is 122 Å². The smallest absolute Gasteiger partial charge is 0.319 e. The minimum absolute atomic E-state index is 0.279. The highest BCUT2D eigenvalue weighted by atomic mass is 16.5. The predicted octanol–water partition coefficient (Wildman–Crippen LogP) is 0.817. The summed E-state index contributed by atoms with van der Waals surface area (Å²) in [7, 11) is 3.04. The van der Waals surface area contributed by atoms with Crippen molar-refractivity contribution in [2.75, 3.05) is 14.2 Å². The number of primary amides is 1. The van der Waals surface area contributed by atoms with E-state index in [1.807, 2.05) is 0 Å². The van der Waals surface area contributed by atoms with Crippen LogP contribution in [-0.4, -0.2) is 26.2 Å². The van der Waals surface area contributed by atoms with Gasteiger partial charge in [-0.15, -0.1) is 0 Å². The standard InChI is InChI=1S/C14H17N3O4/c1-7-11(13(15)18)12(17-14(19)16-7)9-6-8(20-2)4-5-10(9)21-3/h4-6,12H,1-3H3,(H2,15,18)(H2,16,17,19)/t12-/m0/s1. The van der Waals surface area contributed by atoms with Gasteiger partial charge in [-0.2, -0.15) is 0 Å². The van der Waals surface area contributed by atoms with E-state index in [0.717, 1.165) is 0 Å². The van der Waals surface area contributed by atoms with E-state index < -0.39 is 18.0 Å². The molecule has 0 fully saturated rings. The lowest BCUT2D eigenvalue weighted by atomic mass is 9.94. The molecule has 2 rings (SSSR count). The molecule has 1 aliphatic heterocycles. The lowest BCUT2D eigenvalue weighted by Gasteiger charge is -2.28. The third-order valence-electron chi connectivity index (χ3n) is 3.28. The first kappa shape index (κ1) is 14.7. The number of hydrogen-bond donors (Lipinski definition) is 3. The number of benzene rings is 1. The Morgan fingerprint density at radius 2 is 2.00 bits per heavy atom. The molecule has 0 bridgehead atoms.